The molecule has 0 spiro atoms. The minimum Gasteiger partial charge on any atom is -0.709 e. The quantitative estimate of drug-likeness (QED) is 0.158. The third kappa shape index (κ3) is 1.52. The molecule has 0 unspecified atom stereocenters. The maximum atomic E-state index is 10.9. The van der Waals surface area contributed by atoms with Gasteiger partial charge in [0.2, 0.25) is 4.91 Å². The lowest BCUT2D eigenvalue weighted by molar-refractivity contribution is -0.589. The van der Waals surface area contributed by atoms with Crippen molar-refractivity contribution in [1.82, 2.24) is 0 Å². The first-order valence-electron chi connectivity index (χ1n) is 2.69. The van der Waals surface area contributed by atoms with Crippen LogP contribution >= 0.6 is 11.6 Å². The Kier molecular flexibility index (Phi) is 2.15. The average Bonchev–Trinajstić information content (AvgIpc) is 1.99. The summed E-state index contributed by atoms with van der Waals surface area (Å²) in [5.74, 6) is -0.0556. The van der Waals surface area contributed by atoms with Crippen LogP contribution in [0.2, 0.25) is 5.15 Å². The van der Waals surface area contributed by atoms with Crippen molar-refractivity contribution in [3.05, 3.63) is 39.0 Å². The van der Waals surface area contributed by atoms with Gasteiger partial charge in [0.25, 0.3) is 0 Å². The summed E-state index contributed by atoms with van der Waals surface area (Å²) in [5.41, 5.74) is 8.00. The molecule has 1 heterocycles. The van der Waals surface area contributed by atoms with E-state index < -0.39 is 0 Å². The summed E-state index contributed by atoms with van der Waals surface area (Å²) >= 11 is 5.42. The molecule has 0 aliphatic heterocycles. The second-order valence-electron chi connectivity index (χ2n) is 1.69. The van der Waals surface area contributed by atoms with Crippen LogP contribution in [0.4, 0.5) is 5.82 Å². The molecule has 1 rings (SSSR count). The monoisotopic (exact) mass is 170 g/mol. The molecule has 0 amide bonds. The van der Waals surface area contributed by atoms with Gasteiger partial charge in [0, 0.05) is 11.6 Å². The van der Waals surface area contributed by atoms with Crippen LogP contribution in [0, 0.1) is 5.21 Å². The highest BCUT2D eigenvalue weighted by atomic mass is 35.5. The molecule has 11 heavy (non-hydrogen) atoms. The van der Waals surface area contributed by atoms with Crippen LogP contribution in [-0.2, 0) is 0 Å². The van der Waals surface area contributed by atoms with Gasteiger partial charge in [0.05, 0.1) is 0 Å². The fourth-order valence-corrected chi connectivity index (χ4v) is 0.738. The number of nitrogens with zero attached hydrogens (tertiary/aromatic N) is 4. The molecule has 1 aromatic rings. The summed E-state index contributed by atoms with van der Waals surface area (Å²) < 4.78 is 0.348. The summed E-state index contributed by atoms with van der Waals surface area (Å²) in [7, 11) is 0. The largest absolute Gasteiger partial charge is 0.709 e. The van der Waals surface area contributed by atoms with Crippen LogP contribution in [0.25, 0.3) is 10.4 Å². The van der Waals surface area contributed by atoms with E-state index in [0.717, 1.165) is 0 Å². The molecule has 0 bridgehead atoms. The number of halogens is 1. The highest BCUT2D eigenvalue weighted by Crippen LogP contribution is 2.08. The lowest BCUT2D eigenvalue weighted by atomic mass is 10.5. The third-order valence-electron chi connectivity index (χ3n) is 1.03. The summed E-state index contributed by atoms with van der Waals surface area (Å²) in [6.45, 7) is 0. The molecule has 0 N–H and O–H groups in total. The van der Waals surface area contributed by atoms with Gasteiger partial charge in [-0.25, -0.2) is 4.73 Å². The first-order chi connectivity index (χ1) is 5.25. The van der Waals surface area contributed by atoms with Gasteiger partial charge in [-0.1, -0.05) is 0 Å². The SMILES string of the molecule is [N-]=[N+]=Nc1cccc(Cl)[n+]1[O-]. The second kappa shape index (κ2) is 3.09. The number of hydrogen-bond donors (Lipinski definition) is 0. The zero-order valence-electron chi connectivity index (χ0n) is 5.31. The van der Waals surface area contributed by atoms with Gasteiger partial charge < -0.3 is 5.21 Å². The van der Waals surface area contributed by atoms with Crippen molar-refractivity contribution in [2.24, 2.45) is 5.11 Å². The highest BCUT2D eigenvalue weighted by molar-refractivity contribution is 6.28. The van der Waals surface area contributed by atoms with E-state index in [4.69, 9.17) is 17.1 Å². The molecular formula is C5H3ClN4O. The van der Waals surface area contributed by atoms with Gasteiger partial charge in [0.15, 0.2) is 5.15 Å². The average molecular weight is 171 g/mol. The Morgan fingerprint density at radius 2 is 2.36 bits per heavy atom. The summed E-state index contributed by atoms with van der Waals surface area (Å²) in [5, 5.41) is 14.0. The topological polar surface area (TPSA) is 75.7 Å². The lowest BCUT2D eigenvalue weighted by Gasteiger charge is -2.00. The van der Waals surface area contributed by atoms with E-state index in [2.05, 4.69) is 10.0 Å². The molecular weight excluding hydrogens is 168 g/mol. The van der Waals surface area contributed by atoms with Crippen LogP contribution in [0.1, 0.15) is 0 Å². The predicted molar refractivity (Wildman–Crippen MR) is 39.2 cm³/mol. The molecule has 0 radical (unpaired) electrons. The van der Waals surface area contributed by atoms with Gasteiger partial charge in [-0.2, -0.15) is 0 Å². The van der Waals surface area contributed by atoms with Crippen LogP contribution in [0.3, 0.4) is 0 Å². The third-order valence-corrected chi connectivity index (χ3v) is 1.31. The van der Waals surface area contributed by atoms with Crippen LogP contribution in [0.15, 0.2) is 23.3 Å². The van der Waals surface area contributed by atoms with Crippen molar-refractivity contribution in [3.63, 3.8) is 0 Å². The van der Waals surface area contributed by atoms with E-state index >= 15 is 0 Å². The minimum absolute atomic E-state index is 0.0186. The number of hydrogen-bond acceptors (Lipinski definition) is 2. The van der Waals surface area contributed by atoms with Crippen molar-refractivity contribution >= 4 is 17.4 Å². The summed E-state index contributed by atoms with van der Waals surface area (Å²) in [4.78, 5) is 2.45. The fourth-order valence-electron chi connectivity index (χ4n) is 0.578. The molecule has 0 aliphatic rings. The van der Waals surface area contributed by atoms with Gasteiger partial charge in [0.1, 0.15) is 0 Å². The maximum Gasteiger partial charge on any atom is 0.420 e. The van der Waals surface area contributed by atoms with Crippen molar-refractivity contribution in [2.45, 2.75) is 0 Å². The molecule has 0 aromatic carbocycles. The van der Waals surface area contributed by atoms with Crippen LogP contribution < -0.4 is 4.73 Å². The van der Waals surface area contributed by atoms with Gasteiger partial charge in [-0.3, -0.25) is 0 Å². The fraction of sp³-hybridized carbons (Fsp3) is 0. The normalized spacial score (nSPS) is 8.82. The van der Waals surface area contributed by atoms with E-state index in [0.29, 0.717) is 4.73 Å². The highest BCUT2D eigenvalue weighted by Gasteiger charge is 2.10. The minimum atomic E-state index is -0.0556. The van der Waals surface area contributed by atoms with Crippen molar-refractivity contribution in [2.75, 3.05) is 0 Å². The Morgan fingerprint density at radius 3 is 3.00 bits per heavy atom. The Morgan fingerprint density at radius 1 is 1.64 bits per heavy atom. The summed E-state index contributed by atoms with van der Waals surface area (Å²) in [6.07, 6.45) is 0. The first kappa shape index (κ1) is 7.65. The molecule has 56 valence electrons. The number of pyridine rings is 1. The zero-order chi connectivity index (χ0) is 8.27. The molecule has 0 aliphatic carbocycles. The molecule has 0 atom stereocenters. The second-order valence-corrected chi connectivity index (χ2v) is 2.08. The molecule has 6 heteroatoms. The zero-order valence-corrected chi connectivity index (χ0v) is 6.06. The Bertz CT molecular complexity index is 320. The van der Waals surface area contributed by atoms with Gasteiger partial charge >= 0.3 is 10.9 Å². The Hall–Kier alpha value is -1.45. The van der Waals surface area contributed by atoms with Crippen LogP contribution in [-0.4, -0.2) is 0 Å². The predicted octanol–water partition coefficient (Wildman–Crippen LogP) is 1.92. The lowest BCUT2D eigenvalue weighted by Crippen LogP contribution is -2.27. The van der Waals surface area contributed by atoms with E-state index in [-0.39, 0.29) is 11.0 Å². The summed E-state index contributed by atoms with van der Waals surface area (Å²) in [6, 6.07) is 4.31. The molecule has 0 saturated heterocycles. The standard InChI is InChI=1S/C5H3ClN4O/c6-4-2-1-3-5(8-9-7)10(4)11/h1-3H. The number of rotatable bonds is 1. The molecule has 0 fully saturated rings. The molecule has 5 nitrogen and oxygen atoms in total. The van der Waals surface area contributed by atoms with E-state index in [1.807, 2.05) is 0 Å². The van der Waals surface area contributed by atoms with Gasteiger partial charge in [-0.05, 0) is 23.7 Å². The van der Waals surface area contributed by atoms with E-state index in [1.54, 1.807) is 0 Å². The number of aromatic nitrogens is 1. The molecule has 1 aromatic heterocycles. The van der Waals surface area contributed by atoms with E-state index in [1.165, 1.54) is 18.2 Å². The number of azide groups is 1. The smallest absolute Gasteiger partial charge is 0.420 e. The van der Waals surface area contributed by atoms with Crippen LogP contribution in [0.5, 0.6) is 0 Å². The van der Waals surface area contributed by atoms with Crippen molar-refractivity contribution in [1.29, 1.82) is 0 Å². The van der Waals surface area contributed by atoms with Gasteiger partial charge in [-0.15, -0.1) is 0 Å². The Labute approximate surface area is 67.0 Å². The Balaban J connectivity index is 3.26. The van der Waals surface area contributed by atoms with Crippen molar-refractivity contribution in [3.8, 4) is 0 Å². The van der Waals surface area contributed by atoms with Crippen molar-refractivity contribution < 1.29 is 4.73 Å². The maximum absolute atomic E-state index is 10.9. The molecule has 0 saturated carbocycles. The first-order valence-corrected chi connectivity index (χ1v) is 3.06. The van der Waals surface area contributed by atoms with E-state index in [9.17, 15) is 5.21 Å².